The second-order valence-corrected chi connectivity index (χ2v) is 6.25. The molecule has 7 nitrogen and oxygen atoms in total. The number of ketones is 2. The number of aromatic nitrogens is 4. The maximum absolute atomic E-state index is 12.4. The van der Waals surface area contributed by atoms with Gasteiger partial charge in [-0.05, 0) is 41.1 Å². The van der Waals surface area contributed by atoms with Crippen molar-refractivity contribution >= 4 is 28.7 Å². The van der Waals surface area contributed by atoms with Gasteiger partial charge < -0.3 is 5.11 Å². The topological polar surface area (TPSA) is 109 Å². The number of tetrazole rings is 1. The van der Waals surface area contributed by atoms with Gasteiger partial charge in [0.2, 0.25) is 5.82 Å². The van der Waals surface area contributed by atoms with E-state index in [9.17, 15) is 14.7 Å². The van der Waals surface area contributed by atoms with E-state index in [1.807, 2.05) is 23.6 Å². The van der Waals surface area contributed by atoms with Gasteiger partial charge >= 0.3 is 0 Å². The number of H-pyrrole nitrogens is 1. The maximum atomic E-state index is 12.4. The van der Waals surface area contributed by atoms with E-state index in [-0.39, 0.29) is 23.2 Å². The number of hydrogen-bond donors (Lipinski definition) is 2. The Bertz CT molecular complexity index is 927. The zero-order valence-electron chi connectivity index (χ0n) is 13.3. The molecule has 0 spiro atoms. The quantitative estimate of drug-likeness (QED) is 0.400. The van der Waals surface area contributed by atoms with Crippen LogP contribution in [0.25, 0.3) is 5.76 Å². The van der Waals surface area contributed by atoms with E-state index in [1.54, 1.807) is 12.1 Å². The van der Waals surface area contributed by atoms with Gasteiger partial charge in [0.15, 0.2) is 17.3 Å². The molecule has 0 aliphatic heterocycles. The van der Waals surface area contributed by atoms with Crippen molar-refractivity contribution in [2.45, 2.75) is 13.3 Å². The molecule has 0 amide bonds. The Kier molecular flexibility index (Phi) is 4.80. The average molecular weight is 354 g/mol. The van der Waals surface area contributed by atoms with Crippen LogP contribution in [0.1, 0.15) is 43.9 Å². The molecule has 2 aromatic heterocycles. The fourth-order valence-corrected chi connectivity index (χ4v) is 3.13. The van der Waals surface area contributed by atoms with Crippen molar-refractivity contribution in [3.63, 3.8) is 0 Å². The number of nitrogens with one attached hydrogen (secondary N) is 1. The minimum atomic E-state index is -0.344. The molecule has 0 fully saturated rings. The molecule has 0 unspecified atom stereocenters. The predicted molar refractivity (Wildman–Crippen MR) is 92.7 cm³/mol. The van der Waals surface area contributed by atoms with E-state index in [2.05, 4.69) is 20.6 Å². The van der Waals surface area contributed by atoms with Crippen LogP contribution in [-0.2, 0) is 6.42 Å². The first-order valence-electron chi connectivity index (χ1n) is 7.39. The number of aliphatic hydroxyl groups is 1. The predicted octanol–water partition coefficient (Wildman–Crippen LogP) is 2.84. The van der Waals surface area contributed by atoms with Crippen LogP contribution in [0.15, 0.2) is 41.8 Å². The summed E-state index contributed by atoms with van der Waals surface area (Å²) in [4.78, 5) is 24.3. The molecule has 126 valence electrons. The van der Waals surface area contributed by atoms with Crippen molar-refractivity contribution in [1.82, 2.24) is 20.6 Å². The highest BCUT2D eigenvalue weighted by Gasteiger charge is 2.15. The van der Waals surface area contributed by atoms with Gasteiger partial charge in [-0.1, -0.05) is 24.3 Å². The van der Waals surface area contributed by atoms with Crippen LogP contribution in [0.5, 0.6) is 0 Å². The molecule has 2 N–H and O–H groups in total. The fraction of sp³-hybridized carbons (Fsp3) is 0.118. The molecular formula is C17H14N4O3S. The van der Waals surface area contributed by atoms with Crippen molar-refractivity contribution in [1.29, 1.82) is 0 Å². The molecule has 3 rings (SSSR count). The molecule has 0 radical (unpaired) electrons. The summed E-state index contributed by atoms with van der Waals surface area (Å²) in [6, 6.07) is 9.15. The largest absolute Gasteiger partial charge is 0.504 e. The number of rotatable bonds is 6. The summed E-state index contributed by atoms with van der Waals surface area (Å²) in [5, 5.41) is 24.5. The highest BCUT2D eigenvalue weighted by atomic mass is 32.1. The van der Waals surface area contributed by atoms with Gasteiger partial charge in [-0.25, -0.2) is 0 Å². The minimum Gasteiger partial charge on any atom is -0.504 e. The second kappa shape index (κ2) is 7.18. The molecule has 0 atom stereocenters. The fourth-order valence-electron chi connectivity index (χ4n) is 2.29. The number of allylic oxidation sites excluding steroid dienone is 1. The van der Waals surface area contributed by atoms with Gasteiger partial charge in [0.05, 0.1) is 4.88 Å². The lowest BCUT2D eigenvalue weighted by Crippen LogP contribution is -2.00. The van der Waals surface area contributed by atoms with Crippen LogP contribution in [0.4, 0.5) is 0 Å². The lowest BCUT2D eigenvalue weighted by molar-refractivity contribution is 0.101. The summed E-state index contributed by atoms with van der Waals surface area (Å²) in [6.45, 7) is 1.52. The van der Waals surface area contributed by atoms with Crippen molar-refractivity contribution in [2.75, 3.05) is 0 Å². The number of aliphatic hydroxyl groups excluding tert-OH is 1. The van der Waals surface area contributed by atoms with Crippen LogP contribution in [-0.4, -0.2) is 37.3 Å². The maximum Gasteiger partial charge on any atom is 0.239 e. The van der Waals surface area contributed by atoms with E-state index in [4.69, 9.17) is 0 Å². The van der Waals surface area contributed by atoms with Gasteiger partial charge in [-0.3, -0.25) is 9.59 Å². The average Bonchev–Trinajstić information content (AvgIpc) is 3.27. The molecule has 8 heteroatoms. The summed E-state index contributed by atoms with van der Waals surface area (Å²) < 4.78 is 0. The molecular weight excluding hydrogens is 340 g/mol. The van der Waals surface area contributed by atoms with Crippen LogP contribution in [0, 0.1) is 0 Å². The third kappa shape index (κ3) is 3.86. The SMILES string of the molecule is CC(=O)c1ccc(Cc2ccsc2C(=O)C=C(O)c2nn[nH]n2)cc1. The monoisotopic (exact) mass is 354 g/mol. The highest BCUT2D eigenvalue weighted by Crippen LogP contribution is 2.22. The van der Waals surface area contributed by atoms with Crippen LogP contribution >= 0.6 is 11.3 Å². The first kappa shape index (κ1) is 16.7. The van der Waals surface area contributed by atoms with Crippen LogP contribution in [0.2, 0.25) is 0 Å². The number of benzene rings is 1. The second-order valence-electron chi connectivity index (χ2n) is 5.33. The Morgan fingerprint density at radius 1 is 1.24 bits per heavy atom. The van der Waals surface area contributed by atoms with Crippen molar-refractivity contribution < 1.29 is 14.7 Å². The third-order valence-electron chi connectivity index (χ3n) is 3.57. The van der Waals surface area contributed by atoms with E-state index < -0.39 is 0 Å². The van der Waals surface area contributed by atoms with Gasteiger partial charge in [0.1, 0.15) is 0 Å². The summed E-state index contributed by atoms with van der Waals surface area (Å²) >= 11 is 1.30. The van der Waals surface area contributed by atoms with E-state index >= 15 is 0 Å². The van der Waals surface area contributed by atoms with Gasteiger partial charge in [-0.15, -0.1) is 21.5 Å². The number of Topliss-reactive ketones (excluding diaryl/α,β-unsaturated/α-hetero) is 1. The number of carbonyl (C=O) groups is 2. The van der Waals surface area contributed by atoms with Crippen molar-refractivity contribution in [3.05, 3.63) is 69.2 Å². The van der Waals surface area contributed by atoms with E-state index in [1.165, 1.54) is 18.3 Å². The summed E-state index contributed by atoms with van der Waals surface area (Å²) in [5.74, 6) is -0.692. The molecule has 0 saturated heterocycles. The number of thiophene rings is 1. The van der Waals surface area contributed by atoms with Crippen LogP contribution < -0.4 is 0 Å². The Labute approximate surface area is 147 Å². The Balaban J connectivity index is 1.79. The van der Waals surface area contributed by atoms with Crippen molar-refractivity contribution in [2.24, 2.45) is 0 Å². The highest BCUT2D eigenvalue weighted by molar-refractivity contribution is 7.12. The summed E-state index contributed by atoms with van der Waals surface area (Å²) in [6.07, 6.45) is 1.64. The first-order chi connectivity index (χ1) is 12.0. The smallest absolute Gasteiger partial charge is 0.239 e. The molecule has 2 heterocycles. The molecule has 0 bridgehead atoms. The molecule has 0 aliphatic rings. The Hall–Kier alpha value is -3.13. The van der Waals surface area contributed by atoms with Crippen LogP contribution in [0.3, 0.4) is 0 Å². The van der Waals surface area contributed by atoms with Gasteiger partial charge in [-0.2, -0.15) is 5.21 Å². The number of nitrogens with zero attached hydrogens (tertiary/aromatic N) is 3. The lowest BCUT2D eigenvalue weighted by atomic mass is 10.0. The van der Waals surface area contributed by atoms with Gasteiger partial charge in [0, 0.05) is 11.6 Å². The molecule has 1 aromatic carbocycles. The summed E-state index contributed by atoms with van der Waals surface area (Å²) in [5.41, 5.74) is 2.49. The first-order valence-corrected chi connectivity index (χ1v) is 8.27. The normalized spacial score (nSPS) is 11.5. The number of aromatic amines is 1. The number of hydrogen-bond acceptors (Lipinski definition) is 7. The number of carbonyl (C=O) groups excluding carboxylic acids is 2. The zero-order chi connectivity index (χ0) is 17.8. The molecule has 0 saturated carbocycles. The van der Waals surface area contributed by atoms with Gasteiger partial charge in [0.25, 0.3) is 0 Å². The molecule has 3 aromatic rings. The lowest BCUT2D eigenvalue weighted by Gasteiger charge is -2.03. The zero-order valence-corrected chi connectivity index (χ0v) is 14.1. The Morgan fingerprint density at radius 2 is 2.00 bits per heavy atom. The molecule has 25 heavy (non-hydrogen) atoms. The molecule has 0 aliphatic carbocycles. The third-order valence-corrected chi connectivity index (χ3v) is 4.54. The minimum absolute atomic E-state index is 0.0139. The van der Waals surface area contributed by atoms with E-state index in [0.717, 1.165) is 17.2 Å². The standard InChI is InChI=1S/C17H14N4O3S/c1-10(22)12-4-2-11(3-5-12)8-13-6-7-25-16(13)14(23)9-15(24)17-18-20-21-19-17/h2-7,9,24H,8H2,1H3,(H,18,19,20,21). The van der Waals surface area contributed by atoms with E-state index in [0.29, 0.717) is 16.9 Å². The summed E-state index contributed by atoms with van der Waals surface area (Å²) in [7, 11) is 0. The Morgan fingerprint density at radius 3 is 2.64 bits per heavy atom. The van der Waals surface area contributed by atoms with Crippen molar-refractivity contribution in [3.8, 4) is 0 Å².